The van der Waals surface area contributed by atoms with Crippen LogP contribution in [-0.2, 0) is 6.42 Å². The van der Waals surface area contributed by atoms with E-state index < -0.39 is 0 Å². The fraction of sp³-hybridized carbons (Fsp3) is 0.714. The van der Waals surface area contributed by atoms with Crippen LogP contribution in [0.15, 0.2) is 6.33 Å². The lowest BCUT2D eigenvalue weighted by Gasteiger charge is -2.36. The standard InChI is InChI=1S/C14H23ClN4/c1-3-5-12-13(15)16-11-17-14(12)19-9-7-18(6-4-2)8-10-19/h11H,3-10H2,1-2H3. The van der Waals surface area contributed by atoms with Crippen molar-refractivity contribution in [1.82, 2.24) is 14.9 Å². The Morgan fingerprint density at radius 2 is 1.84 bits per heavy atom. The van der Waals surface area contributed by atoms with Crippen molar-refractivity contribution in [2.45, 2.75) is 33.1 Å². The number of hydrogen-bond acceptors (Lipinski definition) is 4. The Bertz CT molecular complexity index is 402. The van der Waals surface area contributed by atoms with Crippen molar-refractivity contribution in [3.63, 3.8) is 0 Å². The molecule has 0 atom stereocenters. The predicted molar refractivity (Wildman–Crippen MR) is 80.0 cm³/mol. The van der Waals surface area contributed by atoms with Crippen molar-refractivity contribution in [1.29, 1.82) is 0 Å². The van der Waals surface area contributed by atoms with Crippen molar-refractivity contribution in [3.05, 3.63) is 17.0 Å². The molecule has 0 bridgehead atoms. The van der Waals surface area contributed by atoms with Gasteiger partial charge in [0, 0.05) is 31.7 Å². The highest BCUT2D eigenvalue weighted by Crippen LogP contribution is 2.25. The number of nitrogens with zero attached hydrogens (tertiary/aromatic N) is 4. The molecule has 1 aromatic rings. The highest BCUT2D eigenvalue weighted by molar-refractivity contribution is 6.30. The third kappa shape index (κ3) is 3.57. The molecule has 0 N–H and O–H groups in total. The lowest BCUT2D eigenvalue weighted by Crippen LogP contribution is -2.47. The number of halogens is 1. The second kappa shape index (κ2) is 7.06. The van der Waals surface area contributed by atoms with Gasteiger partial charge in [0.05, 0.1) is 0 Å². The van der Waals surface area contributed by atoms with Gasteiger partial charge in [-0.3, -0.25) is 4.90 Å². The van der Waals surface area contributed by atoms with E-state index >= 15 is 0 Å². The third-order valence-electron chi connectivity index (χ3n) is 3.58. The van der Waals surface area contributed by atoms with E-state index in [2.05, 4.69) is 33.6 Å². The van der Waals surface area contributed by atoms with E-state index in [0.29, 0.717) is 5.15 Å². The van der Waals surface area contributed by atoms with E-state index in [4.69, 9.17) is 11.6 Å². The van der Waals surface area contributed by atoms with Crippen LogP contribution in [0.1, 0.15) is 32.3 Å². The zero-order chi connectivity index (χ0) is 13.7. The van der Waals surface area contributed by atoms with Crippen molar-refractivity contribution < 1.29 is 0 Å². The third-order valence-corrected chi connectivity index (χ3v) is 3.91. The Morgan fingerprint density at radius 1 is 1.11 bits per heavy atom. The molecule has 2 rings (SSSR count). The molecule has 0 unspecified atom stereocenters. The molecule has 5 heteroatoms. The van der Waals surface area contributed by atoms with Gasteiger partial charge < -0.3 is 4.90 Å². The molecule has 2 heterocycles. The van der Waals surface area contributed by atoms with Crippen LogP contribution in [0.2, 0.25) is 5.15 Å². The molecule has 0 radical (unpaired) electrons. The van der Waals surface area contributed by atoms with Crippen LogP contribution < -0.4 is 4.90 Å². The summed E-state index contributed by atoms with van der Waals surface area (Å²) < 4.78 is 0. The molecule has 1 aromatic heterocycles. The fourth-order valence-corrected chi connectivity index (χ4v) is 2.84. The van der Waals surface area contributed by atoms with Gasteiger partial charge in [0.1, 0.15) is 17.3 Å². The van der Waals surface area contributed by atoms with Crippen LogP contribution in [0, 0.1) is 0 Å². The molecule has 0 spiro atoms. The normalized spacial score (nSPS) is 16.9. The van der Waals surface area contributed by atoms with E-state index in [1.165, 1.54) is 13.0 Å². The van der Waals surface area contributed by atoms with Crippen molar-refractivity contribution in [3.8, 4) is 0 Å². The summed E-state index contributed by atoms with van der Waals surface area (Å²) in [7, 11) is 0. The number of rotatable bonds is 5. The molecule has 19 heavy (non-hydrogen) atoms. The summed E-state index contributed by atoms with van der Waals surface area (Å²) in [6.45, 7) is 9.87. The first-order chi connectivity index (χ1) is 9.26. The Labute approximate surface area is 120 Å². The molecule has 0 aliphatic carbocycles. The maximum atomic E-state index is 6.22. The van der Waals surface area contributed by atoms with Gasteiger partial charge in [-0.25, -0.2) is 9.97 Å². The quantitative estimate of drug-likeness (QED) is 0.777. The van der Waals surface area contributed by atoms with E-state index in [1.807, 2.05) is 0 Å². The number of piperazine rings is 1. The maximum absolute atomic E-state index is 6.22. The van der Waals surface area contributed by atoms with Crippen molar-refractivity contribution in [2.75, 3.05) is 37.6 Å². The number of hydrogen-bond donors (Lipinski definition) is 0. The van der Waals surface area contributed by atoms with E-state index in [-0.39, 0.29) is 0 Å². The Morgan fingerprint density at radius 3 is 2.47 bits per heavy atom. The molecule has 1 aliphatic rings. The van der Waals surface area contributed by atoms with Gasteiger partial charge in [-0.05, 0) is 19.4 Å². The minimum absolute atomic E-state index is 0.614. The van der Waals surface area contributed by atoms with E-state index in [0.717, 1.165) is 50.4 Å². The van der Waals surface area contributed by atoms with Gasteiger partial charge >= 0.3 is 0 Å². The first kappa shape index (κ1) is 14.5. The Hall–Kier alpha value is -0.870. The average molecular weight is 283 g/mol. The van der Waals surface area contributed by atoms with Gasteiger partial charge in [0.2, 0.25) is 0 Å². The topological polar surface area (TPSA) is 32.3 Å². The minimum atomic E-state index is 0.614. The van der Waals surface area contributed by atoms with E-state index in [1.54, 1.807) is 6.33 Å². The molecule has 1 fully saturated rings. The first-order valence-electron chi connectivity index (χ1n) is 7.23. The summed E-state index contributed by atoms with van der Waals surface area (Å²) in [5.74, 6) is 1.04. The Balaban J connectivity index is 2.08. The van der Waals surface area contributed by atoms with Gasteiger partial charge in [0.25, 0.3) is 0 Å². The minimum Gasteiger partial charge on any atom is -0.354 e. The molecule has 4 nitrogen and oxygen atoms in total. The van der Waals surface area contributed by atoms with Crippen LogP contribution in [-0.4, -0.2) is 47.6 Å². The van der Waals surface area contributed by atoms with Gasteiger partial charge in [0.15, 0.2) is 0 Å². The largest absolute Gasteiger partial charge is 0.354 e. The average Bonchev–Trinajstić information content (AvgIpc) is 2.43. The summed E-state index contributed by atoms with van der Waals surface area (Å²) in [5, 5.41) is 0.614. The smallest absolute Gasteiger partial charge is 0.137 e. The van der Waals surface area contributed by atoms with Crippen LogP contribution in [0.4, 0.5) is 5.82 Å². The van der Waals surface area contributed by atoms with Gasteiger partial charge in [-0.1, -0.05) is 31.9 Å². The van der Waals surface area contributed by atoms with Crippen molar-refractivity contribution >= 4 is 17.4 Å². The SMILES string of the molecule is CCCc1c(Cl)ncnc1N1CCN(CCC)CC1. The van der Waals surface area contributed by atoms with Gasteiger partial charge in [-0.2, -0.15) is 0 Å². The zero-order valence-corrected chi connectivity index (χ0v) is 12.7. The van der Waals surface area contributed by atoms with Crippen molar-refractivity contribution in [2.24, 2.45) is 0 Å². The fourth-order valence-electron chi connectivity index (χ4n) is 2.62. The summed E-state index contributed by atoms with van der Waals surface area (Å²) >= 11 is 6.22. The van der Waals surface area contributed by atoms with Gasteiger partial charge in [-0.15, -0.1) is 0 Å². The predicted octanol–water partition coefficient (Wildman–Crippen LogP) is 2.61. The van der Waals surface area contributed by atoms with Crippen LogP contribution in [0.25, 0.3) is 0 Å². The second-order valence-corrected chi connectivity index (χ2v) is 5.40. The first-order valence-corrected chi connectivity index (χ1v) is 7.60. The van der Waals surface area contributed by atoms with Crippen LogP contribution >= 0.6 is 11.6 Å². The highest BCUT2D eigenvalue weighted by atomic mass is 35.5. The van der Waals surface area contributed by atoms with E-state index in [9.17, 15) is 0 Å². The molecule has 0 saturated carbocycles. The van der Waals surface area contributed by atoms with Crippen LogP contribution in [0.5, 0.6) is 0 Å². The Kier molecular flexibility index (Phi) is 5.40. The zero-order valence-electron chi connectivity index (χ0n) is 11.9. The summed E-state index contributed by atoms with van der Waals surface area (Å²) in [6, 6.07) is 0. The molecular weight excluding hydrogens is 260 g/mol. The summed E-state index contributed by atoms with van der Waals surface area (Å²) in [5.41, 5.74) is 1.11. The second-order valence-electron chi connectivity index (χ2n) is 5.05. The number of aromatic nitrogens is 2. The maximum Gasteiger partial charge on any atom is 0.137 e. The monoisotopic (exact) mass is 282 g/mol. The summed E-state index contributed by atoms with van der Waals surface area (Å²) in [6.07, 6.45) is 4.82. The highest BCUT2D eigenvalue weighted by Gasteiger charge is 2.20. The molecule has 0 amide bonds. The lowest BCUT2D eigenvalue weighted by atomic mass is 10.1. The molecule has 1 saturated heterocycles. The molecule has 1 aliphatic heterocycles. The lowest BCUT2D eigenvalue weighted by molar-refractivity contribution is 0.258. The van der Waals surface area contributed by atoms with Crippen LogP contribution in [0.3, 0.4) is 0 Å². The summed E-state index contributed by atoms with van der Waals surface area (Å²) in [4.78, 5) is 13.4. The molecule has 106 valence electrons. The molecule has 0 aromatic carbocycles. The molecular formula is C14H23ClN4. The number of anilines is 1.